The Balaban J connectivity index is 1.22. The fourth-order valence-electron chi connectivity index (χ4n) is 4.84. The highest BCUT2D eigenvalue weighted by atomic mass is 32.1. The summed E-state index contributed by atoms with van der Waals surface area (Å²) in [5.41, 5.74) is 2.91. The average Bonchev–Trinajstić information content (AvgIpc) is 3.60. The number of hydrogen-bond donors (Lipinski definition) is 1. The normalized spacial score (nSPS) is 14.3. The first-order valence-corrected chi connectivity index (χ1v) is 14.1. The molecule has 0 saturated carbocycles. The van der Waals surface area contributed by atoms with Gasteiger partial charge in [-0.15, -0.1) is 0 Å². The molecule has 206 valence electrons. The molecule has 3 heterocycles. The summed E-state index contributed by atoms with van der Waals surface area (Å²) < 4.78 is 24.9. The largest absolute Gasteiger partial charge is 0.513 e. The van der Waals surface area contributed by atoms with Crippen molar-refractivity contribution < 1.29 is 23.7 Å². The summed E-state index contributed by atoms with van der Waals surface area (Å²) in [6.07, 6.45) is 5.32. The number of rotatable bonds is 10. The van der Waals surface area contributed by atoms with E-state index in [1.54, 1.807) is 23.5 Å². The maximum absolute atomic E-state index is 11.4. The Morgan fingerprint density at radius 1 is 1.05 bits per heavy atom. The summed E-state index contributed by atoms with van der Waals surface area (Å²) in [6, 6.07) is 14.1. The zero-order valence-corrected chi connectivity index (χ0v) is 23.3. The quantitative estimate of drug-likeness (QED) is 0.187. The van der Waals surface area contributed by atoms with Crippen LogP contribution in [0.3, 0.4) is 0 Å². The lowest BCUT2D eigenvalue weighted by Crippen LogP contribution is -2.38. The fourth-order valence-corrected chi connectivity index (χ4v) is 5.76. The van der Waals surface area contributed by atoms with E-state index in [0.717, 1.165) is 65.0 Å². The summed E-state index contributed by atoms with van der Waals surface area (Å²) in [6.45, 7) is 7.98. The molecule has 10 heteroatoms. The molecular formula is C29H34N4O5S. The van der Waals surface area contributed by atoms with E-state index in [1.165, 1.54) is 12.7 Å². The number of fused-ring (bicyclic) bond motifs is 1. The average molecular weight is 551 g/mol. The third-order valence-corrected chi connectivity index (χ3v) is 7.58. The van der Waals surface area contributed by atoms with Crippen molar-refractivity contribution in [2.24, 2.45) is 0 Å². The molecule has 0 unspecified atom stereocenters. The van der Waals surface area contributed by atoms with E-state index < -0.39 is 6.16 Å². The first kappa shape index (κ1) is 26.8. The van der Waals surface area contributed by atoms with E-state index >= 15 is 0 Å². The van der Waals surface area contributed by atoms with Crippen LogP contribution in [0.15, 0.2) is 54.9 Å². The first-order chi connectivity index (χ1) is 19.1. The summed E-state index contributed by atoms with van der Waals surface area (Å²) in [5, 5.41) is 4.48. The number of nitrogens with zero attached hydrogens (tertiary/aromatic N) is 3. The number of anilines is 1. The van der Waals surface area contributed by atoms with Gasteiger partial charge in [-0.05, 0) is 68.7 Å². The molecule has 0 aliphatic carbocycles. The van der Waals surface area contributed by atoms with Gasteiger partial charge < -0.3 is 28.8 Å². The van der Waals surface area contributed by atoms with Gasteiger partial charge in [0.15, 0.2) is 5.13 Å². The van der Waals surface area contributed by atoms with Crippen LogP contribution < -0.4 is 19.5 Å². The van der Waals surface area contributed by atoms with E-state index in [1.807, 2.05) is 49.0 Å². The van der Waals surface area contributed by atoms with Crippen molar-refractivity contribution in [2.75, 3.05) is 38.7 Å². The van der Waals surface area contributed by atoms with Gasteiger partial charge in [-0.1, -0.05) is 11.3 Å². The van der Waals surface area contributed by atoms with E-state index in [9.17, 15) is 4.79 Å². The SMILES string of the molecule is CCOc1cc(CN2CCC(Nc3nc4cc(OC(=O)OC)ccc4s3)CC2)cc(OCC)c1-n1cccc1. The number of ether oxygens (including phenoxy) is 4. The van der Waals surface area contributed by atoms with Gasteiger partial charge in [0.1, 0.15) is 22.9 Å². The minimum Gasteiger partial charge on any atom is -0.492 e. The molecule has 2 aromatic carbocycles. The Bertz CT molecular complexity index is 1370. The van der Waals surface area contributed by atoms with Crippen LogP contribution in [0.2, 0.25) is 0 Å². The highest BCUT2D eigenvalue weighted by Crippen LogP contribution is 2.36. The molecule has 4 aromatic rings. The van der Waals surface area contributed by atoms with E-state index in [2.05, 4.69) is 27.1 Å². The van der Waals surface area contributed by atoms with Crippen molar-refractivity contribution in [3.05, 3.63) is 60.4 Å². The van der Waals surface area contributed by atoms with Gasteiger partial charge in [0.2, 0.25) is 0 Å². The zero-order chi connectivity index (χ0) is 27.2. The highest BCUT2D eigenvalue weighted by Gasteiger charge is 2.22. The first-order valence-electron chi connectivity index (χ1n) is 13.3. The zero-order valence-electron chi connectivity index (χ0n) is 22.5. The molecule has 9 nitrogen and oxygen atoms in total. The predicted octanol–water partition coefficient (Wildman–Crippen LogP) is 6.11. The van der Waals surface area contributed by atoms with Crippen LogP contribution in [-0.4, -0.2) is 60.1 Å². The van der Waals surface area contributed by atoms with Crippen molar-refractivity contribution in [1.29, 1.82) is 0 Å². The van der Waals surface area contributed by atoms with Gasteiger partial charge in [-0.3, -0.25) is 4.90 Å². The lowest BCUT2D eigenvalue weighted by molar-refractivity contribution is 0.121. The van der Waals surface area contributed by atoms with Crippen molar-refractivity contribution in [3.8, 4) is 22.9 Å². The summed E-state index contributed by atoms with van der Waals surface area (Å²) in [5.74, 6) is 2.09. The van der Waals surface area contributed by atoms with Crippen LogP contribution in [0.25, 0.3) is 15.9 Å². The molecule has 1 saturated heterocycles. The Kier molecular flexibility index (Phi) is 8.53. The van der Waals surface area contributed by atoms with Gasteiger partial charge >= 0.3 is 6.16 Å². The van der Waals surface area contributed by atoms with Gasteiger partial charge in [-0.25, -0.2) is 9.78 Å². The molecule has 5 rings (SSSR count). The Hall–Kier alpha value is -3.76. The summed E-state index contributed by atoms with van der Waals surface area (Å²) in [7, 11) is 1.29. The van der Waals surface area contributed by atoms with Gasteiger partial charge in [0.25, 0.3) is 0 Å². The third-order valence-electron chi connectivity index (χ3n) is 6.61. The van der Waals surface area contributed by atoms with Crippen molar-refractivity contribution >= 4 is 32.8 Å². The number of methoxy groups -OCH3 is 1. The number of carbonyl (C=O) groups is 1. The van der Waals surface area contributed by atoms with Crippen molar-refractivity contribution in [3.63, 3.8) is 0 Å². The number of piperidine rings is 1. The molecule has 2 aromatic heterocycles. The number of hydrogen-bond acceptors (Lipinski definition) is 9. The molecule has 0 spiro atoms. The van der Waals surface area contributed by atoms with Gasteiger partial charge in [0, 0.05) is 44.1 Å². The number of thiazole rings is 1. The number of carbonyl (C=O) groups excluding carboxylic acids is 1. The van der Waals surface area contributed by atoms with Crippen LogP contribution in [0.1, 0.15) is 32.3 Å². The van der Waals surface area contributed by atoms with Crippen molar-refractivity contribution in [2.45, 2.75) is 39.3 Å². The highest BCUT2D eigenvalue weighted by molar-refractivity contribution is 7.22. The molecular weight excluding hydrogens is 516 g/mol. The lowest BCUT2D eigenvalue weighted by atomic mass is 10.0. The minimum atomic E-state index is -0.741. The molecule has 0 bridgehead atoms. The van der Waals surface area contributed by atoms with Gasteiger partial charge in [0.05, 0.1) is 30.5 Å². The van der Waals surface area contributed by atoms with Crippen LogP contribution in [-0.2, 0) is 11.3 Å². The number of likely N-dealkylation sites (tertiary alicyclic amines) is 1. The van der Waals surface area contributed by atoms with Crippen molar-refractivity contribution in [1.82, 2.24) is 14.5 Å². The fraction of sp³-hybridized carbons (Fsp3) is 0.379. The molecule has 0 amide bonds. The second-order valence-electron chi connectivity index (χ2n) is 9.30. The molecule has 0 radical (unpaired) electrons. The lowest BCUT2D eigenvalue weighted by Gasteiger charge is -2.32. The Morgan fingerprint density at radius 3 is 2.38 bits per heavy atom. The van der Waals surface area contributed by atoms with E-state index in [-0.39, 0.29) is 0 Å². The smallest absolute Gasteiger partial charge is 0.492 e. The summed E-state index contributed by atoms with van der Waals surface area (Å²) in [4.78, 5) is 18.6. The maximum atomic E-state index is 11.4. The van der Waals surface area contributed by atoms with E-state index in [0.29, 0.717) is 25.0 Å². The second-order valence-corrected chi connectivity index (χ2v) is 10.3. The maximum Gasteiger partial charge on any atom is 0.513 e. The molecule has 1 fully saturated rings. The van der Waals surface area contributed by atoms with Crippen LogP contribution in [0.5, 0.6) is 17.2 Å². The number of aromatic nitrogens is 2. The van der Waals surface area contributed by atoms with Crippen LogP contribution in [0, 0.1) is 0 Å². The predicted molar refractivity (Wildman–Crippen MR) is 153 cm³/mol. The number of nitrogens with one attached hydrogen (secondary N) is 1. The summed E-state index contributed by atoms with van der Waals surface area (Å²) >= 11 is 1.60. The van der Waals surface area contributed by atoms with Gasteiger partial charge in [-0.2, -0.15) is 0 Å². The molecule has 0 atom stereocenters. The Morgan fingerprint density at radius 2 is 1.74 bits per heavy atom. The van der Waals surface area contributed by atoms with Crippen LogP contribution in [0.4, 0.5) is 9.93 Å². The number of benzene rings is 2. The molecule has 1 aliphatic heterocycles. The minimum absolute atomic E-state index is 0.349. The molecule has 39 heavy (non-hydrogen) atoms. The monoisotopic (exact) mass is 550 g/mol. The topological polar surface area (TPSA) is 87.1 Å². The third kappa shape index (κ3) is 6.46. The van der Waals surface area contributed by atoms with E-state index in [4.69, 9.17) is 19.2 Å². The standard InChI is InChI=1S/C29H34N4O5S/c1-4-36-24-16-20(17-25(37-5-2)27(24)33-12-6-7-13-33)19-32-14-10-21(11-15-32)30-28-31-23-18-22(38-29(34)35-3)8-9-26(23)39-28/h6-9,12-13,16-18,21H,4-5,10-11,14-15,19H2,1-3H3,(H,30,31). The molecule has 1 N–H and O–H groups in total. The molecule has 1 aliphatic rings. The second kappa shape index (κ2) is 12.4. The Labute approximate surface area is 232 Å². The van der Waals surface area contributed by atoms with Crippen LogP contribution >= 0.6 is 11.3 Å².